The number of benzene rings is 2. The molecule has 1 fully saturated rings. The second-order valence-electron chi connectivity index (χ2n) is 8.34. The van der Waals surface area contributed by atoms with Crippen LogP contribution in [0.5, 0.6) is 0 Å². The monoisotopic (exact) mass is 459 g/mol. The van der Waals surface area contributed by atoms with Gasteiger partial charge in [0.1, 0.15) is 5.52 Å². The molecule has 4 aromatic rings. The van der Waals surface area contributed by atoms with Gasteiger partial charge >= 0.3 is 0 Å². The second kappa shape index (κ2) is 9.33. The van der Waals surface area contributed by atoms with E-state index in [-0.39, 0.29) is 0 Å². The lowest BCUT2D eigenvalue weighted by Crippen LogP contribution is -2.44. The van der Waals surface area contributed by atoms with E-state index in [2.05, 4.69) is 70.1 Å². The topological polar surface area (TPSA) is 61.3 Å². The fourth-order valence-corrected chi connectivity index (χ4v) is 4.71. The molecule has 8 heteroatoms. The van der Waals surface area contributed by atoms with Crippen LogP contribution in [-0.4, -0.2) is 58.9 Å². The van der Waals surface area contributed by atoms with Crippen LogP contribution < -0.4 is 15.5 Å². The van der Waals surface area contributed by atoms with Crippen LogP contribution in [0, 0.1) is 0 Å². The van der Waals surface area contributed by atoms with Crippen LogP contribution in [0.3, 0.4) is 0 Å². The summed E-state index contributed by atoms with van der Waals surface area (Å²) >= 11 is 1.71. The van der Waals surface area contributed by atoms with E-state index in [9.17, 15) is 0 Å². The van der Waals surface area contributed by atoms with Gasteiger partial charge in [-0.15, -0.1) is 11.8 Å². The van der Waals surface area contributed by atoms with E-state index in [0.29, 0.717) is 5.95 Å². The number of rotatable bonds is 6. The number of piperazine rings is 1. The van der Waals surface area contributed by atoms with E-state index >= 15 is 0 Å². The largest absolute Gasteiger partial charge is 0.369 e. The number of hydrogen-bond donors (Lipinski definition) is 2. The molecule has 33 heavy (non-hydrogen) atoms. The van der Waals surface area contributed by atoms with Gasteiger partial charge in [-0.1, -0.05) is 12.1 Å². The molecule has 0 unspecified atom stereocenters. The van der Waals surface area contributed by atoms with E-state index in [0.717, 1.165) is 54.4 Å². The quantitative estimate of drug-likeness (QED) is 0.397. The number of para-hydroxylation sites is 1. The van der Waals surface area contributed by atoms with Crippen molar-refractivity contribution in [1.29, 1.82) is 0 Å². The lowest BCUT2D eigenvalue weighted by atomic mass is 10.2. The summed E-state index contributed by atoms with van der Waals surface area (Å²) in [5, 5.41) is 6.93. The maximum Gasteiger partial charge on any atom is 0.229 e. The van der Waals surface area contributed by atoms with Crippen molar-refractivity contribution < 1.29 is 0 Å². The minimum atomic E-state index is 0.574. The third-order valence-electron chi connectivity index (χ3n) is 6.07. The molecule has 0 bridgehead atoms. The minimum absolute atomic E-state index is 0.574. The Balaban J connectivity index is 1.41. The standard InChI is InChI=1S/C25H29N7S/c1-30-14-16-32(17-15-30)19-10-8-18(9-11-19)26-25-28-21-12-13-31(2)23(21)24(29-25)27-20-6-4-5-7-22(20)33-3/h4-13H,14-17H2,1-3H3,(H2,26,27,28,29). The van der Waals surface area contributed by atoms with E-state index in [1.54, 1.807) is 11.8 Å². The molecule has 1 aliphatic rings. The Kier molecular flexibility index (Phi) is 6.11. The number of nitrogens with one attached hydrogen (secondary N) is 2. The van der Waals surface area contributed by atoms with Crippen molar-refractivity contribution in [3.05, 3.63) is 60.8 Å². The van der Waals surface area contributed by atoms with E-state index in [1.165, 1.54) is 10.6 Å². The van der Waals surface area contributed by atoms with Gasteiger partial charge < -0.3 is 25.0 Å². The predicted molar refractivity (Wildman–Crippen MR) is 139 cm³/mol. The van der Waals surface area contributed by atoms with Crippen LogP contribution in [0.1, 0.15) is 0 Å². The van der Waals surface area contributed by atoms with Crippen molar-refractivity contribution in [2.45, 2.75) is 4.90 Å². The molecule has 170 valence electrons. The van der Waals surface area contributed by atoms with Crippen molar-refractivity contribution in [3.63, 3.8) is 0 Å². The molecule has 1 saturated heterocycles. The van der Waals surface area contributed by atoms with Gasteiger partial charge in [0.2, 0.25) is 5.95 Å². The molecule has 0 aliphatic carbocycles. The third kappa shape index (κ3) is 4.62. The lowest BCUT2D eigenvalue weighted by molar-refractivity contribution is 0.313. The highest BCUT2D eigenvalue weighted by atomic mass is 32.2. The number of thioether (sulfide) groups is 1. The van der Waals surface area contributed by atoms with Gasteiger partial charge in [0, 0.05) is 55.7 Å². The summed E-state index contributed by atoms with van der Waals surface area (Å²) in [6.45, 7) is 4.31. The minimum Gasteiger partial charge on any atom is -0.369 e. The number of nitrogens with zero attached hydrogens (tertiary/aromatic N) is 5. The Morgan fingerprint density at radius 3 is 2.36 bits per heavy atom. The first-order valence-electron chi connectivity index (χ1n) is 11.1. The predicted octanol–water partition coefficient (Wildman–Crippen LogP) is 4.93. The zero-order valence-corrected chi connectivity index (χ0v) is 20.1. The Bertz CT molecular complexity index is 1240. The first kappa shape index (κ1) is 21.6. The lowest BCUT2D eigenvalue weighted by Gasteiger charge is -2.34. The molecular weight excluding hydrogens is 430 g/mol. The molecule has 0 amide bonds. The van der Waals surface area contributed by atoms with Gasteiger partial charge in [-0.3, -0.25) is 0 Å². The van der Waals surface area contributed by atoms with Crippen LogP contribution in [0.4, 0.5) is 28.8 Å². The van der Waals surface area contributed by atoms with Crippen molar-refractivity contribution in [1.82, 2.24) is 19.4 Å². The Morgan fingerprint density at radius 1 is 0.848 bits per heavy atom. The summed E-state index contributed by atoms with van der Waals surface area (Å²) in [5.74, 6) is 1.36. The number of aryl methyl sites for hydroxylation is 1. The Morgan fingerprint density at radius 2 is 1.61 bits per heavy atom. The van der Waals surface area contributed by atoms with Gasteiger partial charge in [0.15, 0.2) is 5.82 Å². The summed E-state index contributed by atoms with van der Waals surface area (Å²) in [5.41, 5.74) is 5.13. The van der Waals surface area contributed by atoms with Crippen LogP contribution in [0.25, 0.3) is 11.0 Å². The normalized spacial score (nSPS) is 14.6. The molecule has 0 radical (unpaired) electrons. The number of aromatic nitrogens is 3. The van der Waals surface area contributed by atoms with Gasteiger partial charge in [0.05, 0.1) is 11.2 Å². The van der Waals surface area contributed by atoms with Crippen LogP contribution >= 0.6 is 11.8 Å². The second-order valence-corrected chi connectivity index (χ2v) is 9.19. The van der Waals surface area contributed by atoms with Crippen molar-refractivity contribution in [3.8, 4) is 0 Å². The van der Waals surface area contributed by atoms with Crippen LogP contribution in [0.2, 0.25) is 0 Å². The Hall–Kier alpha value is -3.23. The Labute approximate surface area is 198 Å². The summed E-state index contributed by atoms with van der Waals surface area (Å²) in [6, 6.07) is 18.8. The molecular formula is C25H29N7S. The smallest absolute Gasteiger partial charge is 0.229 e. The molecule has 2 N–H and O–H groups in total. The molecule has 7 nitrogen and oxygen atoms in total. The maximum atomic E-state index is 4.84. The van der Waals surface area contributed by atoms with Crippen molar-refractivity contribution >= 4 is 51.6 Å². The molecule has 0 atom stereocenters. The van der Waals surface area contributed by atoms with E-state index in [1.807, 2.05) is 36.0 Å². The molecule has 2 aromatic heterocycles. The van der Waals surface area contributed by atoms with Crippen molar-refractivity contribution in [2.24, 2.45) is 7.05 Å². The molecule has 5 rings (SSSR count). The maximum absolute atomic E-state index is 4.84. The molecule has 0 spiro atoms. The average Bonchev–Trinajstić information content (AvgIpc) is 3.21. The van der Waals surface area contributed by atoms with E-state index in [4.69, 9.17) is 9.97 Å². The number of anilines is 5. The van der Waals surface area contributed by atoms with Gasteiger partial charge in [0.25, 0.3) is 0 Å². The fourth-order valence-electron chi connectivity index (χ4n) is 4.16. The number of fused-ring (bicyclic) bond motifs is 1. The first-order valence-corrected chi connectivity index (χ1v) is 12.4. The van der Waals surface area contributed by atoms with Crippen molar-refractivity contribution in [2.75, 3.05) is 55.0 Å². The SMILES string of the molecule is CSc1ccccc1Nc1nc(Nc2ccc(N3CCN(C)CC3)cc2)nc2ccn(C)c12. The van der Waals surface area contributed by atoms with Gasteiger partial charge in [-0.05, 0) is 55.8 Å². The highest BCUT2D eigenvalue weighted by Gasteiger charge is 2.15. The zero-order valence-electron chi connectivity index (χ0n) is 19.2. The molecule has 1 aliphatic heterocycles. The van der Waals surface area contributed by atoms with E-state index < -0.39 is 0 Å². The summed E-state index contributed by atoms with van der Waals surface area (Å²) < 4.78 is 2.05. The summed E-state index contributed by atoms with van der Waals surface area (Å²) in [6.07, 6.45) is 4.09. The summed E-state index contributed by atoms with van der Waals surface area (Å²) in [7, 11) is 4.19. The highest BCUT2D eigenvalue weighted by Crippen LogP contribution is 2.31. The molecule has 3 heterocycles. The average molecular weight is 460 g/mol. The van der Waals surface area contributed by atoms with Gasteiger partial charge in [-0.25, -0.2) is 4.98 Å². The number of likely N-dealkylation sites (N-methyl/N-ethyl adjacent to an activating group) is 1. The molecule has 0 saturated carbocycles. The van der Waals surface area contributed by atoms with Crippen LogP contribution in [-0.2, 0) is 7.05 Å². The summed E-state index contributed by atoms with van der Waals surface area (Å²) in [4.78, 5) is 15.6. The zero-order chi connectivity index (χ0) is 22.8. The highest BCUT2D eigenvalue weighted by molar-refractivity contribution is 7.98. The third-order valence-corrected chi connectivity index (χ3v) is 6.87. The van der Waals surface area contributed by atoms with Crippen LogP contribution in [0.15, 0.2) is 65.7 Å². The first-order chi connectivity index (χ1) is 16.1. The fraction of sp³-hybridized carbons (Fsp3) is 0.280. The number of hydrogen-bond acceptors (Lipinski definition) is 7. The molecule has 2 aromatic carbocycles. The van der Waals surface area contributed by atoms with Gasteiger partial charge in [-0.2, -0.15) is 4.98 Å².